The van der Waals surface area contributed by atoms with Gasteiger partial charge in [0.05, 0.1) is 21.9 Å². The first kappa shape index (κ1) is 17.8. The van der Waals surface area contributed by atoms with E-state index < -0.39 is 16.0 Å². The number of hydrogen-bond acceptors (Lipinski definition) is 3. The molecular formula is C17H13Cl2NO4S. The highest BCUT2D eigenvalue weighted by molar-refractivity contribution is 7.90. The molecule has 2 aromatic carbocycles. The Kier molecular flexibility index (Phi) is 4.77. The molecule has 0 spiro atoms. The maximum Gasteiger partial charge on any atom is 0.303 e. The Labute approximate surface area is 154 Å². The summed E-state index contributed by atoms with van der Waals surface area (Å²) in [6.45, 7) is 0. The lowest BCUT2D eigenvalue weighted by molar-refractivity contribution is -0.136. The van der Waals surface area contributed by atoms with E-state index >= 15 is 0 Å². The summed E-state index contributed by atoms with van der Waals surface area (Å²) < 4.78 is 27.4. The van der Waals surface area contributed by atoms with Gasteiger partial charge in [0.25, 0.3) is 10.0 Å². The van der Waals surface area contributed by atoms with E-state index in [1.54, 1.807) is 30.3 Å². The lowest BCUT2D eigenvalue weighted by atomic mass is 10.2. The number of carbonyl (C=O) groups is 1. The first-order valence-corrected chi connectivity index (χ1v) is 9.52. The molecule has 0 aliphatic rings. The van der Waals surface area contributed by atoms with Gasteiger partial charge >= 0.3 is 5.97 Å². The second kappa shape index (κ2) is 6.71. The van der Waals surface area contributed by atoms with Gasteiger partial charge in [-0.3, -0.25) is 4.79 Å². The van der Waals surface area contributed by atoms with Gasteiger partial charge in [-0.25, -0.2) is 12.4 Å². The van der Waals surface area contributed by atoms with Gasteiger partial charge in [-0.1, -0.05) is 41.4 Å². The van der Waals surface area contributed by atoms with Crippen molar-refractivity contribution in [1.82, 2.24) is 3.97 Å². The smallest absolute Gasteiger partial charge is 0.303 e. The number of fused-ring (bicyclic) bond motifs is 1. The van der Waals surface area contributed by atoms with Crippen molar-refractivity contribution >= 4 is 50.1 Å². The maximum absolute atomic E-state index is 13.1. The molecule has 0 amide bonds. The average Bonchev–Trinajstić information content (AvgIpc) is 2.93. The number of aromatic nitrogens is 1. The van der Waals surface area contributed by atoms with E-state index in [9.17, 15) is 13.2 Å². The summed E-state index contributed by atoms with van der Waals surface area (Å²) in [7, 11) is -3.94. The van der Waals surface area contributed by atoms with E-state index in [4.69, 9.17) is 28.3 Å². The van der Waals surface area contributed by atoms with Crippen LogP contribution in [0.25, 0.3) is 10.9 Å². The molecule has 0 aliphatic heterocycles. The van der Waals surface area contributed by atoms with Gasteiger partial charge in [0.2, 0.25) is 0 Å². The third kappa shape index (κ3) is 3.38. The minimum atomic E-state index is -3.94. The van der Waals surface area contributed by atoms with Gasteiger partial charge in [-0.15, -0.1) is 0 Å². The summed E-state index contributed by atoms with van der Waals surface area (Å²) in [5, 5.41) is 10.0. The SMILES string of the molecule is O=C(O)CCc1cc2cc(Cl)cc(Cl)c2n1S(=O)(=O)c1ccccc1. The number of benzene rings is 2. The van der Waals surface area contributed by atoms with Gasteiger partial charge in [0.1, 0.15) is 0 Å². The van der Waals surface area contributed by atoms with Gasteiger partial charge in [-0.2, -0.15) is 0 Å². The summed E-state index contributed by atoms with van der Waals surface area (Å²) in [4.78, 5) is 11.0. The quantitative estimate of drug-likeness (QED) is 0.699. The molecule has 8 heteroatoms. The number of carboxylic acids is 1. The van der Waals surface area contributed by atoms with Crippen molar-refractivity contribution in [2.75, 3.05) is 0 Å². The molecule has 0 aliphatic carbocycles. The predicted molar refractivity (Wildman–Crippen MR) is 96.9 cm³/mol. The molecule has 5 nitrogen and oxygen atoms in total. The second-order valence-corrected chi connectivity index (χ2v) is 8.07. The van der Waals surface area contributed by atoms with Crippen molar-refractivity contribution in [2.24, 2.45) is 0 Å². The fraction of sp³-hybridized carbons (Fsp3) is 0.118. The Morgan fingerprint density at radius 1 is 1.08 bits per heavy atom. The second-order valence-electron chi connectivity index (χ2n) is 5.44. The third-order valence-corrected chi connectivity index (χ3v) is 5.99. The molecule has 0 unspecified atom stereocenters. The first-order valence-electron chi connectivity index (χ1n) is 7.32. The number of halogens is 2. The van der Waals surface area contributed by atoms with Crippen molar-refractivity contribution in [1.29, 1.82) is 0 Å². The van der Waals surface area contributed by atoms with Gasteiger partial charge in [0.15, 0.2) is 0 Å². The van der Waals surface area contributed by atoms with Crippen LogP contribution in [0.2, 0.25) is 10.0 Å². The Bertz CT molecular complexity index is 1060. The Morgan fingerprint density at radius 2 is 1.76 bits per heavy atom. The van der Waals surface area contributed by atoms with E-state index in [2.05, 4.69) is 0 Å². The number of rotatable bonds is 5. The minimum Gasteiger partial charge on any atom is -0.481 e. The van der Waals surface area contributed by atoms with Crippen LogP contribution < -0.4 is 0 Å². The molecule has 0 bridgehead atoms. The number of nitrogens with zero attached hydrogens (tertiary/aromatic N) is 1. The van der Waals surface area contributed by atoms with Gasteiger partial charge in [0, 0.05) is 16.1 Å². The molecule has 0 saturated heterocycles. The highest BCUT2D eigenvalue weighted by Crippen LogP contribution is 2.34. The average molecular weight is 398 g/mol. The molecule has 1 heterocycles. The van der Waals surface area contributed by atoms with Crippen LogP contribution in [0.5, 0.6) is 0 Å². The van der Waals surface area contributed by atoms with E-state index in [0.717, 1.165) is 3.97 Å². The summed E-state index contributed by atoms with van der Waals surface area (Å²) in [5.74, 6) is -1.02. The summed E-state index contributed by atoms with van der Waals surface area (Å²) >= 11 is 12.3. The zero-order chi connectivity index (χ0) is 18.2. The first-order chi connectivity index (χ1) is 11.8. The van der Waals surface area contributed by atoms with Crippen LogP contribution in [0.3, 0.4) is 0 Å². The van der Waals surface area contributed by atoms with Crippen LogP contribution in [-0.2, 0) is 21.2 Å². The van der Waals surface area contributed by atoms with Gasteiger partial charge in [-0.05, 0) is 36.8 Å². The molecule has 1 aromatic heterocycles. The monoisotopic (exact) mass is 397 g/mol. The highest BCUT2D eigenvalue weighted by atomic mass is 35.5. The molecule has 3 aromatic rings. The number of hydrogen-bond donors (Lipinski definition) is 1. The molecular weight excluding hydrogens is 385 g/mol. The molecule has 0 atom stereocenters. The Morgan fingerprint density at radius 3 is 2.40 bits per heavy atom. The number of aliphatic carboxylic acids is 1. The van der Waals surface area contributed by atoms with Crippen molar-refractivity contribution in [3.05, 3.63) is 64.3 Å². The number of carboxylic acid groups (broad SMARTS) is 1. The van der Waals surface area contributed by atoms with Crippen LogP contribution >= 0.6 is 23.2 Å². The molecule has 0 saturated carbocycles. The topological polar surface area (TPSA) is 76.4 Å². The zero-order valence-corrected chi connectivity index (χ0v) is 15.1. The predicted octanol–water partition coefficient (Wildman–Crippen LogP) is 4.20. The Balaban J connectivity index is 2.31. The molecule has 1 N–H and O–H groups in total. The fourth-order valence-corrected chi connectivity index (χ4v) is 4.93. The van der Waals surface area contributed by atoms with Crippen LogP contribution in [-0.4, -0.2) is 23.5 Å². The van der Waals surface area contributed by atoms with Crippen LogP contribution in [0, 0.1) is 0 Å². The normalized spacial score (nSPS) is 11.8. The van der Waals surface area contributed by atoms with Gasteiger partial charge < -0.3 is 5.11 Å². The number of aryl methyl sites for hydroxylation is 1. The molecule has 130 valence electrons. The largest absolute Gasteiger partial charge is 0.481 e. The van der Waals surface area contributed by atoms with Crippen molar-refractivity contribution in [2.45, 2.75) is 17.7 Å². The summed E-state index contributed by atoms with van der Waals surface area (Å²) in [6.07, 6.45) is -0.157. The van der Waals surface area contributed by atoms with Crippen LogP contribution in [0.4, 0.5) is 0 Å². The van der Waals surface area contributed by atoms with E-state index in [-0.39, 0.29) is 28.3 Å². The Hall–Kier alpha value is -2.02. The van der Waals surface area contributed by atoms with Crippen molar-refractivity contribution in [3.63, 3.8) is 0 Å². The zero-order valence-electron chi connectivity index (χ0n) is 12.8. The van der Waals surface area contributed by atoms with E-state index in [1.807, 2.05) is 0 Å². The summed E-state index contributed by atoms with van der Waals surface area (Å²) in [6, 6.07) is 12.6. The van der Waals surface area contributed by atoms with E-state index in [1.165, 1.54) is 18.2 Å². The van der Waals surface area contributed by atoms with Crippen molar-refractivity contribution in [3.8, 4) is 0 Å². The minimum absolute atomic E-state index is 0.0457. The van der Waals surface area contributed by atoms with E-state index in [0.29, 0.717) is 16.1 Å². The molecule has 0 radical (unpaired) electrons. The fourth-order valence-electron chi connectivity index (χ4n) is 2.67. The molecule has 25 heavy (non-hydrogen) atoms. The van der Waals surface area contributed by atoms with Crippen molar-refractivity contribution < 1.29 is 18.3 Å². The maximum atomic E-state index is 13.1. The molecule has 0 fully saturated rings. The standard InChI is InChI=1S/C17H13Cl2NO4S/c18-12-8-11-9-13(6-7-16(21)22)20(17(11)15(19)10-12)25(23,24)14-4-2-1-3-5-14/h1-5,8-10H,6-7H2,(H,21,22). The lowest BCUT2D eigenvalue weighted by Crippen LogP contribution is -2.16. The third-order valence-electron chi connectivity index (χ3n) is 3.72. The molecule has 3 rings (SSSR count). The lowest BCUT2D eigenvalue weighted by Gasteiger charge is -2.12. The van der Waals surface area contributed by atoms with Crippen LogP contribution in [0.15, 0.2) is 53.4 Å². The van der Waals surface area contributed by atoms with Crippen LogP contribution in [0.1, 0.15) is 12.1 Å². The summed E-state index contributed by atoms with van der Waals surface area (Å²) in [5.41, 5.74) is 0.626. The highest BCUT2D eigenvalue weighted by Gasteiger charge is 2.25.